The minimum atomic E-state index is -5.27. The number of carboxylic acids is 1. The van der Waals surface area contributed by atoms with Crippen LogP contribution in [0.1, 0.15) is 19.5 Å². The molecule has 1 aliphatic heterocycles. The number of hydrogen-bond acceptors (Lipinski definition) is 15. The van der Waals surface area contributed by atoms with Crippen molar-refractivity contribution in [2.24, 2.45) is 17.9 Å². The highest BCUT2D eigenvalue weighted by atomic mass is 32.3. The number of carbonyl (C=O) groups is 3. The zero-order chi connectivity index (χ0) is 34.5. The predicted molar refractivity (Wildman–Crippen MR) is 165 cm³/mol. The maximum atomic E-state index is 13.2. The van der Waals surface area contributed by atoms with Gasteiger partial charge < -0.3 is 36.0 Å². The Hall–Kier alpha value is -4.89. The number of ether oxygens (including phenoxy) is 1. The molecule has 3 aromatic rings. The van der Waals surface area contributed by atoms with Gasteiger partial charge in [0, 0.05) is 23.6 Å². The van der Waals surface area contributed by atoms with Crippen LogP contribution in [-0.2, 0) is 41.0 Å². The van der Waals surface area contributed by atoms with Crippen LogP contribution in [-0.4, -0.2) is 89.0 Å². The van der Waals surface area contributed by atoms with Crippen molar-refractivity contribution < 1.29 is 50.9 Å². The van der Waals surface area contributed by atoms with E-state index in [4.69, 9.17) is 21.0 Å². The summed E-state index contributed by atoms with van der Waals surface area (Å²) in [6.07, 6.45) is 0.252. The summed E-state index contributed by atoms with van der Waals surface area (Å²) in [6.45, 7) is 3.29. The first kappa shape index (κ1) is 35.0. The van der Waals surface area contributed by atoms with Gasteiger partial charge in [-0.05, 0) is 37.6 Å². The largest absolute Gasteiger partial charge is 0.724 e. The molecule has 1 aromatic carbocycles. The van der Waals surface area contributed by atoms with Crippen LogP contribution in [0, 0.1) is 0 Å². The number of aromatic nitrogens is 2. The van der Waals surface area contributed by atoms with Crippen molar-refractivity contribution in [1.29, 1.82) is 0 Å². The number of aryl methyl sites for hydroxylation is 1. The maximum Gasteiger partial charge on any atom is 0.351 e. The molecule has 2 amide bonds. The number of oxime groups is 1. The number of nitrogens with zero attached hydrogens (tertiary/aromatic N) is 4. The third kappa shape index (κ3) is 8.48. The fourth-order valence-corrected chi connectivity index (χ4v) is 5.35. The van der Waals surface area contributed by atoms with Crippen LogP contribution in [0.2, 0.25) is 0 Å². The van der Waals surface area contributed by atoms with Crippen molar-refractivity contribution in [1.82, 2.24) is 15.4 Å². The summed E-state index contributed by atoms with van der Waals surface area (Å²) < 4.78 is 44.7. The van der Waals surface area contributed by atoms with Crippen LogP contribution in [0.15, 0.2) is 53.1 Å². The normalized spacial score (nSPS) is 16.6. The number of hydroxylamine groups is 2. The van der Waals surface area contributed by atoms with Crippen LogP contribution in [0.25, 0.3) is 11.1 Å². The molecular weight excluding hydrogens is 660 g/mol. The molecule has 2 atom stereocenters. The Morgan fingerprint density at radius 2 is 1.91 bits per heavy atom. The van der Waals surface area contributed by atoms with E-state index in [9.17, 15) is 32.5 Å². The van der Waals surface area contributed by atoms with Crippen molar-refractivity contribution in [2.75, 3.05) is 30.7 Å². The molecule has 4 rings (SSSR count). The lowest BCUT2D eigenvalue weighted by molar-refractivity contribution is -0.656. The molecule has 0 saturated carbocycles. The molecule has 0 radical (unpaired) electrons. The Morgan fingerprint density at radius 1 is 1.23 bits per heavy atom. The molecule has 47 heavy (non-hydrogen) atoms. The van der Waals surface area contributed by atoms with Gasteiger partial charge in [-0.15, -0.1) is 11.3 Å². The van der Waals surface area contributed by atoms with E-state index in [1.807, 2.05) is 29.9 Å². The Labute approximate surface area is 272 Å². The average Bonchev–Trinajstić information content (AvgIpc) is 3.44. The van der Waals surface area contributed by atoms with Gasteiger partial charge in [0.1, 0.15) is 24.1 Å². The highest BCUT2D eigenvalue weighted by Gasteiger charge is 2.57. The van der Waals surface area contributed by atoms with E-state index in [0.717, 1.165) is 28.3 Å². The Bertz CT molecular complexity index is 1780. The second-order valence-electron chi connectivity index (χ2n) is 10.6. The monoisotopic (exact) mass is 692 g/mol. The van der Waals surface area contributed by atoms with E-state index in [0.29, 0.717) is 23.9 Å². The lowest BCUT2D eigenvalue weighted by atomic mass is 9.84. The fraction of sp³-hybridized carbons (Fsp3) is 0.333. The summed E-state index contributed by atoms with van der Waals surface area (Å²) in [4.78, 5) is 46.8. The van der Waals surface area contributed by atoms with E-state index in [1.54, 1.807) is 24.3 Å². The minimum Gasteiger partial charge on any atom is -0.724 e. The number of carbonyl (C=O) groups excluding carboxylic acids is 2. The van der Waals surface area contributed by atoms with Gasteiger partial charge in [-0.1, -0.05) is 17.3 Å². The molecule has 252 valence electrons. The number of pyridine rings is 1. The highest BCUT2D eigenvalue weighted by Crippen LogP contribution is 2.33. The number of β-lactam (4-membered cyclic amide) rings is 1. The molecule has 1 unspecified atom stereocenters. The standard InChI is InChI=1S/C27H32N8O10S2/c1-27(2)22(24(37)35(27)45-47(40,41)42)32-23(36)21(18-14-46-26(29)31-18)33-44-19(25(38)39)13-43-17-7-4-15(5-8-17)16-6-9-20(30-11-10-28)34(3)12-16/h4-9,12,14,19,22H,10-11,13,28H2,1-3H3,(H5,29,31,32,36,38,39,40,41,42)/b33-21-/t19-,22?/m0/s1. The molecule has 1 saturated heterocycles. The molecular formula is C27H32N8O10S2. The van der Waals surface area contributed by atoms with Crippen molar-refractivity contribution >= 4 is 56.2 Å². The minimum absolute atomic E-state index is 0.0512. The van der Waals surface area contributed by atoms with Gasteiger partial charge in [0.05, 0.1) is 25.3 Å². The van der Waals surface area contributed by atoms with Crippen LogP contribution >= 0.6 is 11.3 Å². The maximum absolute atomic E-state index is 13.2. The number of anilines is 2. The Morgan fingerprint density at radius 3 is 2.47 bits per heavy atom. The second kappa shape index (κ2) is 14.3. The zero-order valence-corrected chi connectivity index (χ0v) is 26.9. The van der Waals surface area contributed by atoms with Gasteiger partial charge >= 0.3 is 5.97 Å². The molecule has 2 aromatic heterocycles. The third-order valence-electron chi connectivity index (χ3n) is 6.82. The van der Waals surface area contributed by atoms with E-state index in [1.165, 1.54) is 19.2 Å². The molecule has 18 nitrogen and oxygen atoms in total. The molecule has 7 N–H and O–H groups in total. The smallest absolute Gasteiger partial charge is 0.351 e. The average molecular weight is 693 g/mol. The Balaban J connectivity index is 1.44. The van der Waals surface area contributed by atoms with Gasteiger partial charge in [0.15, 0.2) is 10.8 Å². The van der Waals surface area contributed by atoms with Crippen LogP contribution in [0.4, 0.5) is 10.9 Å². The van der Waals surface area contributed by atoms with Gasteiger partial charge in [0.25, 0.3) is 23.7 Å². The van der Waals surface area contributed by atoms with Crippen LogP contribution < -0.4 is 31.4 Å². The summed E-state index contributed by atoms with van der Waals surface area (Å²) in [5.74, 6) is -2.30. The molecule has 20 heteroatoms. The first-order valence-corrected chi connectivity index (χ1v) is 16.0. The molecule has 0 bridgehead atoms. The SMILES string of the molecule is C[n+]1cc(-c2ccc(OC[C@H](O/N=C(\C(=O)NC3C(=O)N(OS(=O)(=O)[O-])C3(C)C)c3csc(N)n3)C(=O)O)cc2)ccc1NCCN. The van der Waals surface area contributed by atoms with Crippen molar-refractivity contribution in [2.45, 2.75) is 31.5 Å². The molecule has 0 aliphatic carbocycles. The van der Waals surface area contributed by atoms with Crippen molar-refractivity contribution in [3.05, 3.63) is 53.7 Å². The van der Waals surface area contributed by atoms with E-state index < -0.39 is 58.2 Å². The van der Waals surface area contributed by atoms with Crippen LogP contribution in [0.5, 0.6) is 5.75 Å². The van der Waals surface area contributed by atoms with E-state index in [-0.39, 0.29) is 10.8 Å². The highest BCUT2D eigenvalue weighted by molar-refractivity contribution is 7.80. The summed E-state index contributed by atoms with van der Waals surface area (Å²) in [5.41, 5.74) is 10.9. The lowest BCUT2D eigenvalue weighted by Crippen LogP contribution is -2.76. The first-order chi connectivity index (χ1) is 22.1. The number of nitrogens with one attached hydrogen (secondary N) is 2. The molecule has 3 heterocycles. The second-order valence-corrected chi connectivity index (χ2v) is 12.4. The number of nitrogen functional groups attached to an aromatic ring is 1. The number of hydrogen-bond donors (Lipinski definition) is 5. The molecule has 1 fully saturated rings. The number of thiazole rings is 1. The number of nitrogens with two attached hydrogens (primary N) is 2. The van der Waals surface area contributed by atoms with Crippen molar-refractivity contribution in [3.8, 4) is 16.9 Å². The Kier molecular flexibility index (Phi) is 10.6. The number of carboxylic acid groups (broad SMARTS) is 1. The van der Waals surface area contributed by atoms with E-state index in [2.05, 4.69) is 25.1 Å². The predicted octanol–water partition coefficient (Wildman–Crippen LogP) is -0.662. The number of amides is 2. The third-order valence-corrected chi connectivity index (χ3v) is 7.82. The van der Waals surface area contributed by atoms with Crippen LogP contribution in [0.3, 0.4) is 0 Å². The molecule has 0 spiro atoms. The van der Waals surface area contributed by atoms with Gasteiger partial charge in [-0.2, -0.15) is 9.35 Å². The van der Waals surface area contributed by atoms with E-state index >= 15 is 0 Å². The van der Waals surface area contributed by atoms with Gasteiger partial charge in [-0.25, -0.2) is 22.8 Å². The first-order valence-electron chi connectivity index (χ1n) is 13.8. The quantitative estimate of drug-likeness (QED) is 0.0331. The summed E-state index contributed by atoms with van der Waals surface area (Å²) in [7, 11) is -3.37. The zero-order valence-electron chi connectivity index (χ0n) is 25.3. The summed E-state index contributed by atoms with van der Waals surface area (Å²) >= 11 is 0.951. The number of benzene rings is 1. The summed E-state index contributed by atoms with van der Waals surface area (Å²) in [6, 6.07) is 9.40. The number of rotatable bonds is 15. The van der Waals surface area contributed by atoms with Gasteiger partial charge in [0.2, 0.25) is 10.4 Å². The van der Waals surface area contributed by atoms with Crippen molar-refractivity contribution in [3.63, 3.8) is 0 Å². The fourth-order valence-electron chi connectivity index (χ4n) is 4.36. The van der Waals surface area contributed by atoms with Gasteiger partial charge in [-0.3, -0.25) is 14.9 Å². The number of aliphatic carboxylic acids is 1. The summed E-state index contributed by atoms with van der Waals surface area (Å²) in [5, 5.41) is 20.7. The molecule has 1 aliphatic rings. The lowest BCUT2D eigenvalue weighted by Gasteiger charge is -2.51. The topological polar surface area (TPSA) is 265 Å².